The molecular weight excluding hydrogens is 370 g/mol. The van der Waals surface area contributed by atoms with Crippen molar-refractivity contribution < 1.29 is 0 Å². The van der Waals surface area contributed by atoms with Crippen LogP contribution in [0, 0.1) is 20.8 Å². The lowest BCUT2D eigenvalue weighted by molar-refractivity contribution is 0.662. The van der Waals surface area contributed by atoms with E-state index in [2.05, 4.69) is 68.6 Å². The van der Waals surface area contributed by atoms with Crippen LogP contribution in [-0.4, -0.2) is 19.6 Å². The molecule has 5 heteroatoms. The molecule has 5 rings (SSSR count). The zero-order valence-corrected chi connectivity index (χ0v) is 17.9. The first-order valence-corrected chi connectivity index (χ1v) is 10.7. The maximum atomic E-state index is 4.88. The topological polar surface area (TPSA) is 55.1 Å². The number of aromatic nitrogens is 4. The van der Waals surface area contributed by atoms with Gasteiger partial charge in [-0.15, -0.1) is 5.10 Å². The summed E-state index contributed by atoms with van der Waals surface area (Å²) in [6, 6.07) is 15.1. The molecule has 152 valence electrons. The summed E-state index contributed by atoms with van der Waals surface area (Å²) in [4.78, 5) is 9.66. The van der Waals surface area contributed by atoms with E-state index < -0.39 is 0 Å². The van der Waals surface area contributed by atoms with Crippen LogP contribution in [0.25, 0.3) is 5.78 Å². The van der Waals surface area contributed by atoms with Gasteiger partial charge in [0.2, 0.25) is 0 Å². The average molecular weight is 398 g/mol. The van der Waals surface area contributed by atoms with E-state index in [9.17, 15) is 0 Å². The number of nitrogens with one attached hydrogen (secondary N) is 1. The molecule has 1 aliphatic rings. The predicted octanol–water partition coefficient (Wildman–Crippen LogP) is 5.26. The third kappa shape index (κ3) is 3.56. The molecule has 1 N–H and O–H groups in total. The molecule has 0 unspecified atom stereocenters. The third-order valence-corrected chi connectivity index (χ3v) is 5.92. The van der Waals surface area contributed by atoms with Gasteiger partial charge in [0, 0.05) is 17.7 Å². The number of benzene rings is 2. The van der Waals surface area contributed by atoms with Crippen molar-refractivity contribution in [3.05, 3.63) is 81.8 Å². The van der Waals surface area contributed by atoms with Gasteiger partial charge in [-0.3, -0.25) is 0 Å². The molecule has 5 nitrogen and oxygen atoms in total. The molecule has 2 aromatic heterocycles. The number of hydrogen-bond acceptors (Lipinski definition) is 4. The largest absolute Gasteiger partial charge is 0.340 e. The molecule has 0 saturated carbocycles. The number of nitrogens with zero attached hydrogens (tertiary/aromatic N) is 4. The smallest absolute Gasteiger partial charge is 0.254 e. The molecule has 2 aromatic carbocycles. The van der Waals surface area contributed by atoms with Crippen molar-refractivity contribution in [1.29, 1.82) is 0 Å². The van der Waals surface area contributed by atoms with E-state index >= 15 is 0 Å². The first-order valence-electron chi connectivity index (χ1n) is 10.7. The molecule has 30 heavy (non-hydrogen) atoms. The molecule has 0 spiro atoms. The summed E-state index contributed by atoms with van der Waals surface area (Å²) in [6.07, 6.45) is 5.11. The Morgan fingerprint density at radius 2 is 1.67 bits per heavy atom. The molecule has 0 bridgehead atoms. The van der Waals surface area contributed by atoms with E-state index in [1.54, 1.807) is 0 Å². The van der Waals surface area contributed by atoms with Crippen LogP contribution in [0.15, 0.2) is 42.5 Å². The van der Waals surface area contributed by atoms with E-state index in [0.29, 0.717) is 12.2 Å². The quantitative estimate of drug-likeness (QED) is 0.510. The van der Waals surface area contributed by atoms with E-state index in [1.807, 2.05) is 4.52 Å². The number of aryl methyl sites for hydroxylation is 4. The predicted molar refractivity (Wildman–Crippen MR) is 121 cm³/mol. The highest BCUT2D eigenvalue weighted by atomic mass is 15.4. The fraction of sp³-hybridized carbons (Fsp3) is 0.320. The number of fused-ring (bicyclic) bond motifs is 2. The van der Waals surface area contributed by atoms with Crippen LogP contribution >= 0.6 is 0 Å². The second-order valence-corrected chi connectivity index (χ2v) is 8.44. The fourth-order valence-corrected chi connectivity index (χ4v) is 4.26. The minimum atomic E-state index is 0.685. The van der Waals surface area contributed by atoms with Gasteiger partial charge in [0.25, 0.3) is 5.78 Å². The van der Waals surface area contributed by atoms with E-state index in [-0.39, 0.29) is 0 Å². The second-order valence-electron chi connectivity index (χ2n) is 8.44. The van der Waals surface area contributed by atoms with Crippen LogP contribution < -0.4 is 5.32 Å². The molecule has 2 heterocycles. The highest BCUT2D eigenvalue weighted by Gasteiger charge is 2.21. The third-order valence-electron chi connectivity index (χ3n) is 5.92. The molecule has 0 aliphatic heterocycles. The molecule has 4 aromatic rings. The Kier molecular flexibility index (Phi) is 4.74. The maximum absolute atomic E-state index is 4.88. The van der Waals surface area contributed by atoms with Crippen molar-refractivity contribution in [2.24, 2.45) is 0 Å². The Bertz CT molecular complexity index is 1220. The van der Waals surface area contributed by atoms with Crippen molar-refractivity contribution in [3.63, 3.8) is 0 Å². The molecule has 0 saturated heterocycles. The van der Waals surface area contributed by atoms with Crippen molar-refractivity contribution >= 4 is 17.3 Å². The molecular formula is C25H27N5. The van der Waals surface area contributed by atoms with Crippen LogP contribution in [0.3, 0.4) is 0 Å². The summed E-state index contributed by atoms with van der Waals surface area (Å²) < 4.78 is 1.91. The Hall–Kier alpha value is -3.21. The Morgan fingerprint density at radius 3 is 2.47 bits per heavy atom. The van der Waals surface area contributed by atoms with Gasteiger partial charge < -0.3 is 5.32 Å². The second kappa shape index (κ2) is 7.56. The Balaban J connectivity index is 1.59. The molecule has 0 amide bonds. The lowest BCUT2D eigenvalue weighted by Gasteiger charge is -2.20. The summed E-state index contributed by atoms with van der Waals surface area (Å²) in [7, 11) is 0. The summed E-state index contributed by atoms with van der Waals surface area (Å²) in [5.74, 6) is 2.51. The van der Waals surface area contributed by atoms with E-state index in [4.69, 9.17) is 15.1 Å². The number of hydrogen-bond donors (Lipinski definition) is 1. The van der Waals surface area contributed by atoms with Gasteiger partial charge in [0.05, 0.1) is 5.69 Å². The first kappa shape index (κ1) is 18.8. The van der Waals surface area contributed by atoms with Crippen LogP contribution in [0.1, 0.15) is 52.2 Å². The van der Waals surface area contributed by atoms with Crippen LogP contribution in [-0.2, 0) is 19.3 Å². The fourth-order valence-electron chi connectivity index (χ4n) is 4.26. The van der Waals surface area contributed by atoms with Gasteiger partial charge >= 0.3 is 0 Å². The summed E-state index contributed by atoms with van der Waals surface area (Å²) in [5.41, 5.74) is 8.51. The average Bonchev–Trinajstić information content (AvgIpc) is 3.13. The molecule has 0 atom stereocenters. The lowest BCUT2D eigenvalue weighted by atomic mass is 9.96. The van der Waals surface area contributed by atoms with Gasteiger partial charge in [-0.1, -0.05) is 47.5 Å². The zero-order chi connectivity index (χ0) is 20.7. The standard InChI is InChI=1S/C25H27N5/c1-16-8-11-19(12-9-16)15-23-28-25-27-22-7-5-4-6-20(22)24(30(25)29-23)26-21-13-10-17(2)14-18(21)3/h8-14,26H,4-7,15H2,1-3H3. The van der Waals surface area contributed by atoms with Crippen LogP contribution in [0.5, 0.6) is 0 Å². The SMILES string of the molecule is Cc1ccc(Cc2nc3nc4c(c(Nc5ccc(C)cc5C)n3n2)CCCC4)cc1. The Labute approximate surface area is 177 Å². The summed E-state index contributed by atoms with van der Waals surface area (Å²) in [5, 5.41) is 8.54. The van der Waals surface area contributed by atoms with Gasteiger partial charge in [-0.25, -0.2) is 4.98 Å². The zero-order valence-electron chi connectivity index (χ0n) is 17.9. The van der Waals surface area contributed by atoms with Crippen molar-refractivity contribution in [2.75, 3.05) is 5.32 Å². The Morgan fingerprint density at radius 1 is 0.900 bits per heavy atom. The van der Waals surface area contributed by atoms with Gasteiger partial charge in [-0.2, -0.15) is 9.50 Å². The normalized spacial score (nSPS) is 13.4. The van der Waals surface area contributed by atoms with Crippen molar-refractivity contribution in [1.82, 2.24) is 19.6 Å². The highest BCUT2D eigenvalue weighted by molar-refractivity contribution is 5.66. The summed E-state index contributed by atoms with van der Waals surface area (Å²) in [6.45, 7) is 6.37. The molecule has 0 fully saturated rings. The van der Waals surface area contributed by atoms with E-state index in [1.165, 1.54) is 40.7 Å². The van der Waals surface area contributed by atoms with E-state index in [0.717, 1.165) is 35.9 Å². The van der Waals surface area contributed by atoms with Crippen molar-refractivity contribution in [2.45, 2.75) is 52.9 Å². The van der Waals surface area contributed by atoms with Crippen molar-refractivity contribution in [3.8, 4) is 0 Å². The number of rotatable bonds is 4. The minimum Gasteiger partial charge on any atom is -0.340 e. The summed E-state index contributed by atoms with van der Waals surface area (Å²) >= 11 is 0. The van der Waals surface area contributed by atoms with Gasteiger partial charge in [0.15, 0.2) is 5.82 Å². The number of anilines is 2. The van der Waals surface area contributed by atoms with Gasteiger partial charge in [0.1, 0.15) is 5.82 Å². The first-order chi connectivity index (χ1) is 14.6. The van der Waals surface area contributed by atoms with Crippen LogP contribution in [0.4, 0.5) is 11.5 Å². The highest BCUT2D eigenvalue weighted by Crippen LogP contribution is 2.31. The maximum Gasteiger partial charge on any atom is 0.254 e. The minimum absolute atomic E-state index is 0.685. The lowest BCUT2D eigenvalue weighted by Crippen LogP contribution is -2.14. The van der Waals surface area contributed by atoms with Gasteiger partial charge in [-0.05, 0) is 63.6 Å². The molecule has 0 radical (unpaired) electrons. The van der Waals surface area contributed by atoms with Crippen LogP contribution in [0.2, 0.25) is 0 Å². The monoisotopic (exact) mass is 397 g/mol. The molecule has 1 aliphatic carbocycles.